The van der Waals surface area contributed by atoms with Crippen molar-refractivity contribution in [3.63, 3.8) is 0 Å². The first-order valence-electron chi connectivity index (χ1n) is 6.40. The second-order valence-electron chi connectivity index (χ2n) is 4.83. The van der Waals surface area contributed by atoms with Crippen LogP contribution in [0.5, 0.6) is 0 Å². The van der Waals surface area contributed by atoms with Crippen molar-refractivity contribution in [3.8, 4) is 0 Å². The summed E-state index contributed by atoms with van der Waals surface area (Å²) in [6.45, 7) is 0.999. The van der Waals surface area contributed by atoms with E-state index >= 15 is 0 Å². The van der Waals surface area contributed by atoms with Crippen molar-refractivity contribution in [1.82, 2.24) is 0 Å². The van der Waals surface area contributed by atoms with Crippen LogP contribution in [-0.2, 0) is 6.42 Å². The third-order valence-electron chi connectivity index (χ3n) is 3.66. The first-order chi connectivity index (χ1) is 8.83. The Morgan fingerprint density at radius 1 is 1.00 bits per heavy atom. The lowest BCUT2D eigenvalue weighted by molar-refractivity contribution is 0.665. The van der Waals surface area contributed by atoms with E-state index in [1.165, 1.54) is 23.2 Å². The van der Waals surface area contributed by atoms with Gasteiger partial charge in [-0.3, -0.25) is 0 Å². The van der Waals surface area contributed by atoms with E-state index in [1.807, 2.05) is 12.1 Å². The molecular weight excluding hydrogens is 242 g/mol. The lowest BCUT2D eigenvalue weighted by Crippen LogP contribution is -2.10. The molecule has 2 aromatic rings. The number of para-hydroxylation sites is 1. The highest BCUT2D eigenvalue weighted by Gasteiger charge is 2.16. The molecule has 1 nitrogen and oxygen atoms in total. The number of rotatable bonds is 1. The summed E-state index contributed by atoms with van der Waals surface area (Å²) in [6.07, 6.45) is 2.32. The number of halogens is 1. The van der Waals surface area contributed by atoms with Gasteiger partial charge in [-0.25, -0.2) is 0 Å². The molecule has 0 unspecified atom stereocenters. The van der Waals surface area contributed by atoms with Gasteiger partial charge in [-0.15, -0.1) is 0 Å². The first-order valence-corrected chi connectivity index (χ1v) is 6.78. The highest BCUT2D eigenvalue weighted by molar-refractivity contribution is 6.30. The maximum absolute atomic E-state index is 5.94. The first kappa shape index (κ1) is 11.6. The van der Waals surface area contributed by atoms with Crippen LogP contribution in [0.25, 0.3) is 0 Å². The van der Waals surface area contributed by atoms with Crippen LogP contribution in [0.2, 0.25) is 5.02 Å². The zero-order valence-electron chi connectivity index (χ0n) is 10.2. The van der Waals surface area contributed by atoms with Crippen LogP contribution >= 0.6 is 11.6 Å². The number of hydrogen-bond acceptors (Lipinski definition) is 1. The van der Waals surface area contributed by atoms with Crippen LogP contribution in [0.4, 0.5) is 5.69 Å². The van der Waals surface area contributed by atoms with E-state index in [-0.39, 0.29) is 0 Å². The summed E-state index contributed by atoms with van der Waals surface area (Å²) in [7, 11) is 0. The van der Waals surface area contributed by atoms with Gasteiger partial charge in [0, 0.05) is 23.2 Å². The minimum absolute atomic E-state index is 0.565. The number of nitrogens with one attached hydrogen (secondary N) is 1. The smallest absolute Gasteiger partial charge is 0.0406 e. The van der Waals surface area contributed by atoms with E-state index in [0.717, 1.165) is 18.0 Å². The number of anilines is 1. The molecule has 0 amide bonds. The van der Waals surface area contributed by atoms with Crippen molar-refractivity contribution in [2.24, 2.45) is 0 Å². The van der Waals surface area contributed by atoms with Gasteiger partial charge < -0.3 is 5.32 Å². The highest BCUT2D eigenvalue weighted by Crippen LogP contribution is 2.29. The van der Waals surface area contributed by atoms with E-state index in [4.69, 9.17) is 11.6 Å². The zero-order valence-corrected chi connectivity index (χ0v) is 11.0. The molecular formula is C16H16ClN. The van der Waals surface area contributed by atoms with Crippen molar-refractivity contribution in [2.45, 2.75) is 18.8 Å². The molecule has 2 heteroatoms. The Hall–Kier alpha value is -1.47. The molecule has 0 saturated heterocycles. The predicted molar refractivity (Wildman–Crippen MR) is 77.4 cm³/mol. The van der Waals surface area contributed by atoms with Gasteiger partial charge in [0.15, 0.2) is 0 Å². The monoisotopic (exact) mass is 257 g/mol. The Bertz CT molecular complexity index is 506. The molecule has 92 valence electrons. The fourth-order valence-corrected chi connectivity index (χ4v) is 2.72. The minimum Gasteiger partial charge on any atom is -0.384 e. The lowest BCUT2D eigenvalue weighted by atomic mass is 9.94. The Kier molecular flexibility index (Phi) is 3.24. The van der Waals surface area contributed by atoms with Gasteiger partial charge in [-0.2, -0.15) is 0 Å². The highest BCUT2D eigenvalue weighted by atomic mass is 35.5. The van der Waals surface area contributed by atoms with E-state index in [0.29, 0.717) is 5.92 Å². The van der Waals surface area contributed by atoms with Gasteiger partial charge >= 0.3 is 0 Å². The predicted octanol–water partition coefficient (Wildman–Crippen LogP) is 4.48. The van der Waals surface area contributed by atoms with Gasteiger partial charge in [0.2, 0.25) is 0 Å². The summed E-state index contributed by atoms with van der Waals surface area (Å²) in [5.41, 5.74) is 4.09. The second kappa shape index (κ2) is 5.03. The largest absolute Gasteiger partial charge is 0.384 e. The Morgan fingerprint density at radius 2 is 1.78 bits per heavy atom. The molecule has 1 atom stereocenters. The maximum Gasteiger partial charge on any atom is 0.0406 e. The summed E-state index contributed by atoms with van der Waals surface area (Å²) in [5, 5.41) is 4.36. The third kappa shape index (κ3) is 2.37. The third-order valence-corrected chi connectivity index (χ3v) is 3.91. The molecule has 1 heterocycles. The second-order valence-corrected chi connectivity index (χ2v) is 5.26. The lowest BCUT2D eigenvalue weighted by Gasteiger charge is -2.15. The zero-order chi connectivity index (χ0) is 12.4. The van der Waals surface area contributed by atoms with E-state index in [2.05, 4.69) is 41.7 Å². The van der Waals surface area contributed by atoms with Crippen molar-refractivity contribution < 1.29 is 0 Å². The van der Waals surface area contributed by atoms with Crippen LogP contribution in [0.1, 0.15) is 23.5 Å². The Morgan fingerprint density at radius 3 is 2.61 bits per heavy atom. The van der Waals surface area contributed by atoms with E-state index in [1.54, 1.807) is 0 Å². The summed E-state index contributed by atoms with van der Waals surface area (Å²) in [4.78, 5) is 0. The van der Waals surface area contributed by atoms with Gasteiger partial charge in [-0.05, 0) is 42.2 Å². The molecule has 0 spiro atoms. The molecule has 2 aromatic carbocycles. The maximum atomic E-state index is 5.94. The van der Waals surface area contributed by atoms with Gasteiger partial charge in [0.05, 0.1) is 0 Å². The molecule has 0 bridgehead atoms. The van der Waals surface area contributed by atoms with Gasteiger partial charge in [0.25, 0.3) is 0 Å². The minimum atomic E-state index is 0.565. The summed E-state index contributed by atoms with van der Waals surface area (Å²) < 4.78 is 0. The molecule has 0 aliphatic carbocycles. The SMILES string of the molecule is Clc1ccc([C@H]2CCc3ccccc3NC2)cc1. The van der Waals surface area contributed by atoms with Crippen LogP contribution in [0.15, 0.2) is 48.5 Å². The summed E-state index contributed by atoms with van der Waals surface area (Å²) in [6, 6.07) is 16.8. The number of hydrogen-bond donors (Lipinski definition) is 1. The van der Waals surface area contributed by atoms with Crippen molar-refractivity contribution in [1.29, 1.82) is 0 Å². The van der Waals surface area contributed by atoms with Crippen LogP contribution < -0.4 is 5.32 Å². The van der Waals surface area contributed by atoms with Crippen molar-refractivity contribution in [3.05, 3.63) is 64.7 Å². The molecule has 0 saturated carbocycles. The Balaban J connectivity index is 1.80. The summed E-state index contributed by atoms with van der Waals surface area (Å²) in [5.74, 6) is 0.565. The topological polar surface area (TPSA) is 12.0 Å². The average Bonchev–Trinajstić information content (AvgIpc) is 2.62. The normalized spacial score (nSPS) is 18.6. The molecule has 1 aliphatic heterocycles. The van der Waals surface area contributed by atoms with Gasteiger partial charge in [0.1, 0.15) is 0 Å². The van der Waals surface area contributed by atoms with E-state index < -0.39 is 0 Å². The number of fused-ring (bicyclic) bond motifs is 1. The average molecular weight is 258 g/mol. The van der Waals surface area contributed by atoms with Crippen LogP contribution in [-0.4, -0.2) is 6.54 Å². The fourth-order valence-electron chi connectivity index (χ4n) is 2.60. The van der Waals surface area contributed by atoms with E-state index in [9.17, 15) is 0 Å². The van der Waals surface area contributed by atoms with Crippen molar-refractivity contribution in [2.75, 3.05) is 11.9 Å². The molecule has 0 fully saturated rings. The molecule has 3 rings (SSSR count). The molecule has 0 aromatic heterocycles. The Labute approximate surface area is 113 Å². The molecule has 18 heavy (non-hydrogen) atoms. The molecule has 1 aliphatic rings. The number of aryl methyl sites for hydroxylation is 1. The van der Waals surface area contributed by atoms with Crippen LogP contribution in [0.3, 0.4) is 0 Å². The quantitative estimate of drug-likeness (QED) is 0.794. The fraction of sp³-hybridized carbons (Fsp3) is 0.250. The van der Waals surface area contributed by atoms with Gasteiger partial charge in [-0.1, -0.05) is 41.9 Å². The standard InChI is InChI=1S/C16H16ClN/c17-15-9-7-12(8-10-15)14-6-5-13-3-1-2-4-16(13)18-11-14/h1-4,7-10,14,18H,5-6,11H2/t14-/m0/s1. The summed E-state index contributed by atoms with van der Waals surface area (Å²) >= 11 is 5.94. The number of benzene rings is 2. The van der Waals surface area contributed by atoms with Crippen molar-refractivity contribution >= 4 is 17.3 Å². The molecule has 1 N–H and O–H groups in total. The molecule has 0 radical (unpaired) electrons. The van der Waals surface area contributed by atoms with Crippen LogP contribution in [0, 0.1) is 0 Å².